The maximum absolute atomic E-state index is 5.55. The first kappa shape index (κ1) is 22.9. The van der Waals surface area contributed by atoms with Crippen LogP contribution in [0.25, 0.3) is 0 Å². The van der Waals surface area contributed by atoms with Crippen LogP contribution in [0.2, 0.25) is 0 Å². The van der Waals surface area contributed by atoms with E-state index in [1.54, 1.807) is 0 Å². The summed E-state index contributed by atoms with van der Waals surface area (Å²) < 4.78 is 5.55. The minimum atomic E-state index is 0.200. The van der Waals surface area contributed by atoms with Gasteiger partial charge in [0.15, 0.2) is 5.96 Å². The lowest BCUT2D eigenvalue weighted by atomic mass is 10.0. The standard InChI is InChI=1S/C24H41N5O/c1-19(2)16-23(29-12-14-30-15-13-29)18-26-24(25-4)27-20(3)21-8-7-9-22(17-21)28-10-5-6-11-28/h7-9,17,19-20,23H,5-6,10-16,18H2,1-4H3,(H2,25,26,27). The fraction of sp³-hybridized carbons (Fsp3) is 0.708. The molecule has 1 aromatic carbocycles. The number of guanidine groups is 1. The zero-order valence-electron chi connectivity index (χ0n) is 19.4. The van der Waals surface area contributed by atoms with Crippen molar-refractivity contribution in [3.05, 3.63) is 29.8 Å². The fourth-order valence-corrected chi connectivity index (χ4v) is 4.51. The number of nitrogens with zero attached hydrogens (tertiary/aromatic N) is 3. The number of benzene rings is 1. The van der Waals surface area contributed by atoms with Crippen LogP contribution in [0.1, 0.15) is 51.6 Å². The van der Waals surface area contributed by atoms with E-state index in [0.29, 0.717) is 12.0 Å². The van der Waals surface area contributed by atoms with E-state index in [9.17, 15) is 0 Å². The smallest absolute Gasteiger partial charge is 0.191 e. The molecule has 2 atom stereocenters. The molecule has 2 aliphatic heterocycles. The summed E-state index contributed by atoms with van der Waals surface area (Å²) in [5.41, 5.74) is 2.64. The van der Waals surface area contributed by atoms with Crippen molar-refractivity contribution in [2.45, 2.75) is 52.1 Å². The number of hydrogen-bond donors (Lipinski definition) is 2. The first-order valence-electron chi connectivity index (χ1n) is 11.7. The van der Waals surface area contributed by atoms with Gasteiger partial charge in [0, 0.05) is 51.5 Å². The highest BCUT2D eigenvalue weighted by molar-refractivity contribution is 5.80. The molecule has 2 aliphatic rings. The molecule has 3 rings (SSSR count). The minimum absolute atomic E-state index is 0.200. The summed E-state index contributed by atoms with van der Waals surface area (Å²) in [6.07, 6.45) is 3.78. The Morgan fingerprint density at radius 1 is 1.10 bits per heavy atom. The van der Waals surface area contributed by atoms with Gasteiger partial charge in [-0.25, -0.2) is 0 Å². The third-order valence-electron chi connectivity index (χ3n) is 6.23. The largest absolute Gasteiger partial charge is 0.379 e. The van der Waals surface area contributed by atoms with E-state index < -0.39 is 0 Å². The molecule has 30 heavy (non-hydrogen) atoms. The highest BCUT2D eigenvalue weighted by Crippen LogP contribution is 2.24. The highest BCUT2D eigenvalue weighted by atomic mass is 16.5. The molecule has 0 saturated carbocycles. The van der Waals surface area contributed by atoms with E-state index in [4.69, 9.17) is 4.74 Å². The molecule has 2 unspecified atom stereocenters. The molecular weight excluding hydrogens is 374 g/mol. The number of hydrogen-bond acceptors (Lipinski definition) is 4. The lowest BCUT2D eigenvalue weighted by Crippen LogP contribution is -2.51. The molecule has 0 spiro atoms. The Morgan fingerprint density at radius 3 is 2.50 bits per heavy atom. The summed E-state index contributed by atoms with van der Waals surface area (Å²) in [6, 6.07) is 9.64. The molecule has 2 saturated heterocycles. The summed E-state index contributed by atoms with van der Waals surface area (Å²) in [4.78, 5) is 9.54. The van der Waals surface area contributed by atoms with Crippen molar-refractivity contribution in [1.29, 1.82) is 0 Å². The van der Waals surface area contributed by atoms with E-state index in [1.807, 2.05) is 7.05 Å². The predicted octanol–water partition coefficient (Wildman–Crippen LogP) is 3.26. The average molecular weight is 416 g/mol. The quantitative estimate of drug-likeness (QED) is 0.504. The second-order valence-electron chi connectivity index (χ2n) is 9.04. The van der Waals surface area contributed by atoms with Gasteiger partial charge in [0.05, 0.1) is 19.3 Å². The second-order valence-corrected chi connectivity index (χ2v) is 9.04. The van der Waals surface area contributed by atoms with Crippen molar-refractivity contribution in [2.75, 3.05) is 57.9 Å². The average Bonchev–Trinajstić information content (AvgIpc) is 3.31. The topological polar surface area (TPSA) is 52.1 Å². The van der Waals surface area contributed by atoms with Crippen molar-refractivity contribution >= 4 is 11.6 Å². The Kier molecular flexibility index (Phi) is 8.82. The van der Waals surface area contributed by atoms with Gasteiger partial charge in [0.25, 0.3) is 0 Å². The van der Waals surface area contributed by atoms with Crippen LogP contribution >= 0.6 is 0 Å². The molecule has 168 valence electrons. The number of nitrogens with one attached hydrogen (secondary N) is 2. The van der Waals surface area contributed by atoms with Gasteiger partial charge in [-0.2, -0.15) is 0 Å². The van der Waals surface area contributed by atoms with Gasteiger partial charge in [0.2, 0.25) is 0 Å². The summed E-state index contributed by atoms with van der Waals surface area (Å²) in [5.74, 6) is 1.54. The zero-order chi connectivity index (χ0) is 21.3. The van der Waals surface area contributed by atoms with Crippen molar-refractivity contribution in [1.82, 2.24) is 15.5 Å². The van der Waals surface area contributed by atoms with Crippen LogP contribution in [0.3, 0.4) is 0 Å². The van der Waals surface area contributed by atoms with E-state index in [1.165, 1.54) is 43.6 Å². The lowest BCUT2D eigenvalue weighted by Gasteiger charge is -2.36. The SMILES string of the molecule is CN=C(NCC(CC(C)C)N1CCOCC1)NC(C)c1cccc(N2CCCC2)c1. The molecule has 6 nitrogen and oxygen atoms in total. The second kappa shape index (κ2) is 11.6. The maximum atomic E-state index is 5.55. The monoisotopic (exact) mass is 415 g/mol. The lowest BCUT2D eigenvalue weighted by molar-refractivity contribution is 0.0132. The number of aliphatic imine (C=N–C) groups is 1. The first-order chi connectivity index (χ1) is 14.6. The maximum Gasteiger partial charge on any atom is 0.191 e. The zero-order valence-corrected chi connectivity index (χ0v) is 19.4. The summed E-state index contributed by atoms with van der Waals surface area (Å²) in [5, 5.41) is 7.18. The highest BCUT2D eigenvalue weighted by Gasteiger charge is 2.22. The molecule has 0 bridgehead atoms. The third kappa shape index (κ3) is 6.61. The van der Waals surface area contributed by atoms with Crippen LogP contribution in [0.4, 0.5) is 5.69 Å². The summed E-state index contributed by atoms with van der Waals surface area (Å²) >= 11 is 0. The van der Waals surface area contributed by atoms with Crippen molar-refractivity contribution in [3.63, 3.8) is 0 Å². The number of ether oxygens (including phenoxy) is 1. The fourth-order valence-electron chi connectivity index (χ4n) is 4.51. The molecular formula is C24H41N5O. The van der Waals surface area contributed by atoms with Gasteiger partial charge in [-0.1, -0.05) is 26.0 Å². The van der Waals surface area contributed by atoms with E-state index in [2.05, 4.69) is 70.5 Å². The number of anilines is 1. The third-order valence-corrected chi connectivity index (χ3v) is 6.23. The van der Waals surface area contributed by atoms with Gasteiger partial charge in [-0.05, 0) is 49.8 Å². The Morgan fingerprint density at radius 2 is 1.83 bits per heavy atom. The minimum Gasteiger partial charge on any atom is -0.379 e. The molecule has 0 radical (unpaired) electrons. The van der Waals surface area contributed by atoms with Crippen LogP contribution in [-0.2, 0) is 4.74 Å². The van der Waals surface area contributed by atoms with E-state index in [0.717, 1.165) is 38.8 Å². The van der Waals surface area contributed by atoms with Gasteiger partial charge < -0.3 is 20.3 Å². The Balaban J connectivity index is 1.56. The van der Waals surface area contributed by atoms with Gasteiger partial charge in [-0.3, -0.25) is 9.89 Å². The van der Waals surface area contributed by atoms with Crippen LogP contribution in [0.15, 0.2) is 29.3 Å². The Bertz CT molecular complexity index is 665. The summed E-state index contributed by atoms with van der Waals surface area (Å²) in [7, 11) is 1.86. The number of morpholine rings is 1. The van der Waals surface area contributed by atoms with Crippen LogP contribution in [0, 0.1) is 5.92 Å². The first-order valence-corrected chi connectivity index (χ1v) is 11.7. The number of rotatable bonds is 8. The van der Waals surface area contributed by atoms with Gasteiger partial charge >= 0.3 is 0 Å². The molecule has 0 aromatic heterocycles. The van der Waals surface area contributed by atoms with Crippen LogP contribution in [0.5, 0.6) is 0 Å². The van der Waals surface area contributed by atoms with Crippen LogP contribution in [-0.4, -0.2) is 69.9 Å². The van der Waals surface area contributed by atoms with Crippen LogP contribution < -0.4 is 15.5 Å². The molecule has 1 aromatic rings. The Labute approximate surface area is 183 Å². The molecule has 2 heterocycles. The molecule has 2 N–H and O–H groups in total. The van der Waals surface area contributed by atoms with E-state index >= 15 is 0 Å². The summed E-state index contributed by atoms with van der Waals surface area (Å²) in [6.45, 7) is 13.8. The van der Waals surface area contributed by atoms with Gasteiger partial charge in [-0.15, -0.1) is 0 Å². The van der Waals surface area contributed by atoms with E-state index in [-0.39, 0.29) is 6.04 Å². The van der Waals surface area contributed by atoms with Gasteiger partial charge in [0.1, 0.15) is 0 Å². The predicted molar refractivity (Wildman–Crippen MR) is 126 cm³/mol. The molecule has 2 fully saturated rings. The van der Waals surface area contributed by atoms with Crippen molar-refractivity contribution < 1.29 is 4.74 Å². The molecule has 0 amide bonds. The molecule has 6 heteroatoms. The van der Waals surface area contributed by atoms with Crippen molar-refractivity contribution in [3.8, 4) is 0 Å². The molecule has 0 aliphatic carbocycles. The Hall–Kier alpha value is -1.79. The normalized spacial score (nSPS) is 20.4. The van der Waals surface area contributed by atoms with Crippen molar-refractivity contribution in [2.24, 2.45) is 10.9 Å².